The molecule has 0 saturated carbocycles. The number of hydrogen-bond donors (Lipinski definition) is 2. The Labute approximate surface area is 172 Å². The number of H-pyrrole nitrogens is 1. The smallest absolute Gasteiger partial charge is 0.303 e. The number of benzene rings is 2. The molecule has 0 fully saturated rings. The Balaban J connectivity index is 1.75. The number of anilines is 1. The number of imidazole rings is 1. The van der Waals surface area contributed by atoms with Crippen LogP contribution in [0.1, 0.15) is 18.1 Å². The molecule has 8 heteroatoms. The van der Waals surface area contributed by atoms with Crippen molar-refractivity contribution >= 4 is 22.8 Å². The maximum absolute atomic E-state index is 12.6. The third-order valence-corrected chi connectivity index (χ3v) is 4.99. The van der Waals surface area contributed by atoms with Crippen LogP contribution in [-0.4, -0.2) is 24.8 Å². The summed E-state index contributed by atoms with van der Waals surface area (Å²) in [4.78, 5) is 31.4. The summed E-state index contributed by atoms with van der Waals surface area (Å²) >= 11 is 0. The number of aryl methyl sites for hydroxylation is 3. The summed E-state index contributed by atoms with van der Waals surface area (Å²) in [5.41, 5.74) is 5.55. The molecular weight excluding hydrogens is 380 g/mol. The maximum atomic E-state index is 12.6. The van der Waals surface area contributed by atoms with Gasteiger partial charge in [0.05, 0.1) is 5.71 Å². The molecule has 0 aliphatic heterocycles. The molecule has 2 N–H and O–H groups in total. The van der Waals surface area contributed by atoms with Crippen LogP contribution in [0.3, 0.4) is 0 Å². The van der Waals surface area contributed by atoms with Gasteiger partial charge in [-0.2, -0.15) is 10.1 Å². The minimum Gasteiger partial charge on any atom is -0.303 e. The molecule has 152 valence electrons. The first-order valence-corrected chi connectivity index (χ1v) is 9.64. The van der Waals surface area contributed by atoms with E-state index in [1.165, 1.54) is 4.57 Å². The van der Waals surface area contributed by atoms with Crippen molar-refractivity contribution in [1.29, 1.82) is 0 Å². The van der Waals surface area contributed by atoms with Gasteiger partial charge >= 0.3 is 5.69 Å². The molecule has 0 aliphatic carbocycles. The third-order valence-electron chi connectivity index (χ3n) is 4.99. The minimum atomic E-state index is -0.504. The van der Waals surface area contributed by atoms with Gasteiger partial charge in [-0.05, 0) is 24.5 Å². The first-order valence-electron chi connectivity index (χ1n) is 9.64. The first kappa shape index (κ1) is 19.4. The van der Waals surface area contributed by atoms with E-state index < -0.39 is 11.2 Å². The lowest BCUT2D eigenvalue weighted by molar-refractivity contribution is 0.716. The quantitative estimate of drug-likeness (QED) is 0.382. The van der Waals surface area contributed by atoms with Crippen molar-refractivity contribution in [3.05, 3.63) is 92.6 Å². The molecule has 0 saturated heterocycles. The largest absolute Gasteiger partial charge is 0.329 e. The van der Waals surface area contributed by atoms with Crippen LogP contribution < -0.4 is 16.7 Å². The second kappa shape index (κ2) is 8.20. The Hall–Kier alpha value is -3.94. The number of nitrogens with one attached hydrogen (secondary N) is 2. The SMILES string of the molecule is CC(=NNc1nc2c(c(=O)[nH]c(=O)n2C)n1CCc1ccccc1)c1ccccc1. The highest BCUT2D eigenvalue weighted by Gasteiger charge is 2.17. The monoisotopic (exact) mass is 402 g/mol. The average molecular weight is 402 g/mol. The van der Waals surface area contributed by atoms with Crippen molar-refractivity contribution in [2.24, 2.45) is 12.1 Å². The van der Waals surface area contributed by atoms with E-state index in [9.17, 15) is 9.59 Å². The molecule has 0 unspecified atom stereocenters. The molecule has 8 nitrogen and oxygen atoms in total. The van der Waals surface area contributed by atoms with Gasteiger partial charge in [0.2, 0.25) is 5.95 Å². The summed E-state index contributed by atoms with van der Waals surface area (Å²) in [5, 5.41) is 4.44. The van der Waals surface area contributed by atoms with E-state index in [4.69, 9.17) is 0 Å². The van der Waals surface area contributed by atoms with Gasteiger partial charge in [0.15, 0.2) is 11.2 Å². The molecule has 2 heterocycles. The van der Waals surface area contributed by atoms with E-state index in [2.05, 4.69) is 20.5 Å². The van der Waals surface area contributed by atoms with Crippen molar-refractivity contribution in [3.8, 4) is 0 Å². The predicted molar refractivity (Wildman–Crippen MR) is 118 cm³/mol. The molecule has 2 aromatic carbocycles. The van der Waals surface area contributed by atoms with Gasteiger partial charge in [0.1, 0.15) is 0 Å². The van der Waals surface area contributed by atoms with E-state index in [1.54, 1.807) is 11.6 Å². The van der Waals surface area contributed by atoms with Gasteiger partial charge in [-0.25, -0.2) is 10.2 Å². The summed E-state index contributed by atoms with van der Waals surface area (Å²) in [6, 6.07) is 19.7. The number of hydrazone groups is 1. The zero-order chi connectivity index (χ0) is 21.1. The lowest BCUT2D eigenvalue weighted by atomic mass is 10.1. The summed E-state index contributed by atoms with van der Waals surface area (Å²) in [5.74, 6) is 0.405. The van der Waals surface area contributed by atoms with Crippen LogP contribution in [0, 0.1) is 0 Å². The molecule has 30 heavy (non-hydrogen) atoms. The number of rotatable bonds is 6. The lowest BCUT2D eigenvalue weighted by Crippen LogP contribution is -2.29. The fourth-order valence-corrected chi connectivity index (χ4v) is 3.30. The zero-order valence-corrected chi connectivity index (χ0v) is 16.8. The van der Waals surface area contributed by atoms with Crippen LogP contribution in [0.2, 0.25) is 0 Å². The second-order valence-corrected chi connectivity index (χ2v) is 6.99. The Bertz CT molecular complexity index is 1320. The van der Waals surface area contributed by atoms with Crippen LogP contribution >= 0.6 is 0 Å². The predicted octanol–water partition coefficient (Wildman–Crippen LogP) is 2.50. The zero-order valence-electron chi connectivity index (χ0n) is 16.8. The maximum Gasteiger partial charge on any atom is 0.329 e. The Morgan fingerprint density at radius 2 is 1.73 bits per heavy atom. The van der Waals surface area contributed by atoms with Gasteiger partial charge in [0.25, 0.3) is 5.56 Å². The summed E-state index contributed by atoms with van der Waals surface area (Å²) in [7, 11) is 1.58. The molecule has 0 radical (unpaired) electrons. The molecule has 2 aromatic heterocycles. The molecule has 4 aromatic rings. The topological polar surface area (TPSA) is 97.1 Å². The molecule has 4 rings (SSSR count). The van der Waals surface area contributed by atoms with Crippen molar-refractivity contribution in [2.75, 3.05) is 5.43 Å². The standard InChI is InChI=1S/C22H22N6O2/c1-15(17-11-7-4-8-12-17)25-26-21-23-19-18(20(29)24-22(30)27(19)2)28(21)14-13-16-9-5-3-6-10-16/h3-12H,13-14H2,1-2H3,(H,23,26)(H,24,29,30). The van der Waals surface area contributed by atoms with Crippen molar-refractivity contribution in [1.82, 2.24) is 19.1 Å². The Morgan fingerprint density at radius 3 is 2.43 bits per heavy atom. The second-order valence-electron chi connectivity index (χ2n) is 6.99. The Morgan fingerprint density at radius 1 is 1.07 bits per heavy atom. The van der Waals surface area contributed by atoms with E-state index in [1.807, 2.05) is 67.6 Å². The average Bonchev–Trinajstić information content (AvgIpc) is 3.15. The van der Waals surface area contributed by atoms with Crippen LogP contribution in [-0.2, 0) is 20.0 Å². The molecule has 0 bridgehead atoms. The van der Waals surface area contributed by atoms with Crippen molar-refractivity contribution < 1.29 is 0 Å². The van der Waals surface area contributed by atoms with Gasteiger partial charge in [-0.15, -0.1) is 0 Å². The lowest BCUT2D eigenvalue weighted by Gasteiger charge is -2.09. The molecule has 0 spiro atoms. The molecular formula is C22H22N6O2. The molecule has 0 atom stereocenters. The highest BCUT2D eigenvalue weighted by Crippen LogP contribution is 2.17. The van der Waals surface area contributed by atoms with Crippen LogP contribution in [0.4, 0.5) is 5.95 Å². The van der Waals surface area contributed by atoms with Gasteiger partial charge in [-0.3, -0.25) is 14.3 Å². The third kappa shape index (κ3) is 3.80. The number of aromatic nitrogens is 4. The summed E-state index contributed by atoms with van der Waals surface area (Å²) in [6.07, 6.45) is 0.699. The number of fused-ring (bicyclic) bond motifs is 1. The Kier molecular flexibility index (Phi) is 5.30. The van der Waals surface area contributed by atoms with E-state index in [-0.39, 0.29) is 0 Å². The van der Waals surface area contributed by atoms with Gasteiger partial charge in [-0.1, -0.05) is 60.7 Å². The van der Waals surface area contributed by atoms with E-state index in [0.717, 1.165) is 16.8 Å². The van der Waals surface area contributed by atoms with Gasteiger partial charge in [0, 0.05) is 13.6 Å². The van der Waals surface area contributed by atoms with Crippen LogP contribution in [0.5, 0.6) is 0 Å². The first-order chi connectivity index (χ1) is 14.5. The minimum absolute atomic E-state index is 0.312. The van der Waals surface area contributed by atoms with E-state index >= 15 is 0 Å². The van der Waals surface area contributed by atoms with Crippen molar-refractivity contribution in [3.63, 3.8) is 0 Å². The van der Waals surface area contributed by atoms with Crippen LogP contribution in [0.25, 0.3) is 11.2 Å². The fourth-order valence-electron chi connectivity index (χ4n) is 3.30. The van der Waals surface area contributed by atoms with Crippen LogP contribution in [0.15, 0.2) is 75.4 Å². The fraction of sp³-hybridized carbons (Fsp3) is 0.182. The highest BCUT2D eigenvalue weighted by atomic mass is 16.2. The van der Waals surface area contributed by atoms with Crippen molar-refractivity contribution in [2.45, 2.75) is 19.9 Å². The summed E-state index contributed by atoms with van der Waals surface area (Å²) in [6.45, 7) is 2.39. The molecule has 0 aliphatic rings. The normalized spacial score (nSPS) is 11.7. The number of hydrogen-bond acceptors (Lipinski definition) is 5. The number of nitrogens with zero attached hydrogens (tertiary/aromatic N) is 4. The summed E-state index contributed by atoms with van der Waals surface area (Å²) < 4.78 is 3.09. The number of aromatic amines is 1. The highest BCUT2D eigenvalue weighted by molar-refractivity contribution is 5.99. The molecule has 0 amide bonds. The van der Waals surface area contributed by atoms with Gasteiger partial charge < -0.3 is 4.57 Å². The van der Waals surface area contributed by atoms with E-state index in [0.29, 0.717) is 30.1 Å².